The molecule has 5 nitrogen and oxygen atoms in total. The molecule has 1 N–H and O–H groups in total. The second-order valence-corrected chi connectivity index (χ2v) is 10.3. The van der Waals surface area contributed by atoms with Crippen molar-refractivity contribution in [3.63, 3.8) is 0 Å². The fraction of sp³-hybridized carbons (Fsp3) is 0.458. The third-order valence-corrected chi connectivity index (χ3v) is 6.20. The molecule has 2 aromatic carbocycles. The van der Waals surface area contributed by atoms with Crippen molar-refractivity contribution >= 4 is 21.6 Å². The lowest BCUT2D eigenvalue weighted by atomic mass is 9.96. The molecule has 2 aromatic rings. The van der Waals surface area contributed by atoms with Gasteiger partial charge in [-0.15, -0.1) is 0 Å². The standard InChI is InChI=1S/C24H34N2O3S/c1-7-23(26(30(6,28)29)21-15-18(4)14-19(5)16-21)24(27)25-22(13-17(2)3)20-11-9-8-10-12-20/h8-12,14-17,22-23H,7,13H2,1-6H3,(H,25,27)/t22-,23+/m1/s1. The minimum absolute atomic E-state index is 0.173. The van der Waals surface area contributed by atoms with Crippen LogP contribution in [0.25, 0.3) is 0 Å². The molecule has 164 valence electrons. The minimum atomic E-state index is -3.66. The van der Waals surface area contributed by atoms with E-state index in [0.717, 1.165) is 29.4 Å². The van der Waals surface area contributed by atoms with Gasteiger partial charge in [0.25, 0.3) is 0 Å². The van der Waals surface area contributed by atoms with E-state index in [1.165, 1.54) is 4.31 Å². The Morgan fingerprint density at radius 1 is 1.03 bits per heavy atom. The van der Waals surface area contributed by atoms with Gasteiger partial charge in [-0.2, -0.15) is 0 Å². The van der Waals surface area contributed by atoms with E-state index < -0.39 is 16.1 Å². The van der Waals surface area contributed by atoms with Crippen LogP contribution in [-0.4, -0.2) is 26.6 Å². The van der Waals surface area contributed by atoms with E-state index in [9.17, 15) is 13.2 Å². The Kier molecular flexibility index (Phi) is 8.07. The van der Waals surface area contributed by atoms with Crippen molar-refractivity contribution in [1.82, 2.24) is 5.32 Å². The van der Waals surface area contributed by atoms with Crippen LogP contribution in [0.4, 0.5) is 5.69 Å². The Morgan fingerprint density at radius 3 is 2.07 bits per heavy atom. The second kappa shape index (κ2) is 10.1. The lowest BCUT2D eigenvalue weighted by molar-refractivity contribution is -0.123. The van der Waals surface area contributed by atoms with Crippen molar-refractivity contribution in [2.45, 2.75) is 59.5 Å². The van der Waals surface area contributed by atoms with Gasteiger partial charge in [0.05, 0.1) is 18.0 Å². The predicted octanol–water partition coefficient (Wildman–Crippen LogP) is 4.75. The SMILES string of the molecule is CC[C@@H](C(=O)N[C@H](CC(C)C)c1ccccc1)N(c1cc(C)cc(C)c1)S(C)(=O)=O. The summed E-state index contributed by atoms with van der Waals surface area (Å²) in [6, 6.07) is 14.4. The monoisotopic (exact) mass is 430 g/mol. The summed E-state index contributed by atoms with van der Waals surface area (Å²) in [7, 11) is -3.66. The van der Waals surface area contributed by atoms with Crippen LogP contribution >= 0.6 is 0 Å². The first-order valence-corrected chi connectivity index (χ1v) is 12.3. The third-order valence-electron chi connectivity index (χ3n) is 5.02. The normalized spacial score (nSPS) is 13.7. The molecule has 0 bridgehead atoms. The van der Waals surface area contributed by atoms with Crippen LogP contribution in [0, 0.1) is 19.8 Å². The largest absolute Gasteiger partial charge is 0.347 e. The average Bonchev–Trinajstić information content (AvgIpc) is 2.63. The lowest BCUT2D eigenvalue weighted by Crippen LogP contribution is -2.50. The Hall–Kier alpha value is -2.34. The number of carbonyl (C=O) groups is 1. The first kappa shape index (κ1) is 23.9. The van der Waals surface area contributed by atoms with Gasteiger partial charge in [-0.05, 0) is 61.4 Å². The summed E-state index contributed by atoms with van der Waals surface area (Å²) >= 11 is 0. The lowest BCUT2D eigenvalue weighted by Gasteiger charge is -2.32. The van der Waals surface area contributed by atoms with Gasteiger partial charge >= 0.3 is 0 Å². The molecule has 1 amide bonds. The molecule has 0 unspecified atom stereocenters. The van der Waals surface area contributed by atoms with Gasteiger partial charge in [0.15, 0.2) is 0 Å². The van der Waals surface area contributed by atoms with Crippen LogP contribution < -0.4 is 9.62 Å². The smallest absolute Gasteiger partial charge is 0.244 e. The van der Waals surface area contributed by atoms with Gasteiger partial charge < -0.3 is 5.32 Å². The topological polar surface area (TPSA) is 66.5 Å². The summed E-state index contributed by atoms with van der Waals surface area (Å²) in [5.74, 6) is 0.0950. The summed E-state index contributed by atoms with van der Waals surface area (Å²) in [5.41, 5.74) is 3.45. The minimum Gasteiger partial charge on any atom is -0.347 e. The van der Waals surface area contributed by atoms with Gasteiger partial charge in [0.1, 0.15) is 6.04 Å². The zero-order valence-electron chi connectivity index (χ0n) is 18.8. The van der Waals surface area contributed by atoms with Crippen molar-refractivity contribution in [3.8, 4) is 0 Å². The van der Waals surface area contributed by atoms with Crippen LogP contribution in [0.3, 0.4) is 0 Å². The summed E-state index contributed by atoms with van der Waals surface area (Å²) in [5, 5.41) is 3.12. The molecule has 0 aliphatic heterocycles. The fourth-order valence-electron chi connectivity index (χ4n) is 3.84. The summed E-state index contributed by atoms with van der Waals surface area (Å²) < 4.78 is 26.7. The Labute approximate surface area is 181 Å². The highest BCUT2D eigenvalue weighted by molar-refractivity contribution is 7.92. The first-order valence-electron chi connectivity index (χ1n) is 10.5. The van der Waals surface area contributed by atoms with E-state index in [1.54, 1.807) is 0 Å². The molecule has 0 spiro atoms. The van der Waals surface area contributed by atoms with Crippen LogP contribution in [-0.2, 0) is 14.8 Å². The molecular formula is C24H34N2O3S. The number of amides is 1. The summed E-state index contributed by atoms with van der Waals surface area (Å²) in [4.78, 5) is 13.4. The van der Waals surface area contributed by atoms with Crippen molar-refractivity contribution < 1.29 is 13.2 Å². The number of carbonyl (C=O) groups excluding carboxylic acids is 1. The molecule has 0 saturated carbocycles. The molecule has 6 heteroatoms. The quantitative estimate of drug-likeness (QED) is 0.624. The van der Waals surface area contributed by atoms with Crippen molar-refractivity contribution in [2.24, 2.45) is 5.92 Å². The number of hydrogen-bond donors (Lipinski definition) is 1. The maximum absolute atomic E-state index is 13.4. The van der Waals surface area contributed by atoms with Crippen molar-refractivity contribution in [3.05, 3.63) is 65.2 Å². The van der Waals surface area contributed by atoms with Crippen LogP contribution in [0.15, 0.2) is 48.5 Å². The maximum Gasteiger partial charge on any atom is 0.244 e. The fourth-order valence-corrected chi connectivity index (χ4v) is 5.04. The van der Waals surface area contributed by atoms with E-state index in [2.05, 4.69) is 19.2 Å². The Bertz CT molecular complexity index is 935. The predicted molar refractivity (Wildman–Crippen MR) is 124 cm³/mol. The zero-order valence-corrected chi connectivity index (χ0v) is 19.7. The van der Waals surface area contributed by atoms with Gasteiger partial charge in [-0.25, -0.2) is 8.42 Å². The summed E-state index contributed by atoms with van der Waals surface area (Å²) in [6.07, 6.45) is 2.30. The second-order valence-electron chi connectivity index (χ2n) is 8.43. The maximum atomic E-state index is 13.4. The Morgan fingerprint density at radius 2 is 1.60 bits per heavy atom. The van der Waals surface area contributed by atoms with E-state index in [-0.39, 0.29) is 11.9 Å². The molecule has 0 radical (unpaired) electrons. The molecule has 2 rings (SSSR count). The number of rotatable bonds is 9. The first-order chi connectivity index (χ1) is 14.0. The highest BCUT2D eigenvalue weighted by Crippen LogP contribution is 2.27. The number of aryl methyl sites for hydroxylation is 2. The number of nitrogens with zero attached hydrogens (tertiary/aromatic N) is 1. The Balaban J connectivity index is 2.41. The molecule has 0 aliphatic rings. The average molecular weight is 431 g/mol. The molecule has 0 saturated heterocycles. The zero-order chi connectivity index (χ0) is 22.5. The number of hydrogen-bond acceptors (Lipinski definition) is 3. The van der Waals surface area contributed by atoms with Gasteiger partial charge in [0.2, 0.25) is 15.9 Å². The van der Waals surface area contributed by atoms with Gasteiger partial charge in [-0.3, -0.25) is 9.10 Å². The van der Waals surface area contributed by atoms with Gasteiger partial charge in [0, 0.05) is 0 Å². The van der Waals surface area contributed by atoms with Crippen LogP contribution in [0.5, 0.6) is 0 Å². The highest BCUT2D eigenvalue weighted by Gasteiger charge is 2.33. The number of sulfonamides is 1. The van der Waals surface area contributed by atoms with Crippen molar-refractivity contribution in [1.29, 1.82) is 0 Å². The van der Waals surface area contributed by atoms with Crippen LogP contribution in [0.1, 0.15) is 56.3 Å². The van der Waals surface area contributed by atoms with Crippen LogP contribution in [0.2, 0.25) is 0 Å². The molecule has 0 aliphatic carbocycles. The van der Waals surface area contributed by atoms with E-state index >= 15 is 0 Å². The molecule has 30 heavy (non-hydrogen) atoms. The van der Waals surface area contributed by atoms with E-state index in [1.807, 2.05) is 69.3 Å². The molecular weight excluding hydrogens is 396 g/mol. The van der Waals surface area contributed by atoms with E-state index in [4.69, 9.17) is 0 Å². The highest BCUT2D eigenvalue weighted by atomic mass is 32.2. The molecule has 0 aromatic heterocycles. The number of nitrogens with one attached hydrogen (secondary N) is 1. The van der Waals surface area contributed by atoms with Crippen molar-refractivity contribution in [2.75, 3.05) is 10.6 Å². The van der Waals surface area contributed by atoms with Gasteiger partial charge in [-0.1, -0.05) is 57.2 Å². The molecule has 0 heterocycles. The molecule has 2 atom stereocenters. The number of anilines is 1. The third kappa shape index (κ3) is 6.33. The van der Waals surface area contributed by atoms with E-state index in [0.29, 0.717) is 18.0 Å². The number of benzene rings is 2. The molecule has 0 fully saturated rings. The summed E-state index contributed by atoms with van der Waals surface area (Å²) in [6.45, 7) is 9.90.